The van der Waals surface area contributed by atoms with Crippen LogP contribution < -0.4 is 0 Å². The van der Waals surface area contributed by atoms with Gasteiger partial charge in [-0.1, -0.05) is 74.5 Å². The Kier molecular flexibility index (Phi) is 2.77. The van der Waals surface area contributed by atoms with Gasteiger partial charge in [0.2, 0.25) is 0 Å². The second kappa shape index (κ2) is 4.77. The van der Waals surface area contributed by atoms with Crippen molar-refractivity contribution in [3.05, 3.63) is 71.8 Å². The molecule has 0 amide bonds. The van der Waals surface area contributed by atoms with E-state index in [0.29, 0.717) is 21.7 Å². The van der Waals surface area contributed by atoms with E-state index in [0.717, 1.165) is 23.7 Å². The van der Waals surface area contributed by atoms with Crippen LogP contribution >= 0.6 is 0 Å². The molecular weight excluding hydrogens is 336 g/mol. The standard InChI is InChI=1S/C28H32/c1-25-13-21-23-15-27(19-9-5-3-6-10-19)16-24(22(14-25)26(21,2)18-27)28(23,17-25)20-11-7-4-8-12-20/h3-12,21-24H,13-18H2,1-2H3. The fraction of sp³-hybridized carbons (Fsp3) is 0.571. The molecule has 2 aromatic rings. The van der Waals surface area contributed by atoms with Crippen molar-refractivity contribution < 1.29 is 0 Å². The third-order valence-electron chi connectivity index (χ3n) is 10.8. The van der Waals surface area contributed by atoms with Crippen LogP contribution in [0, 0.1) is 34.5 Å². The van der Waals surface area contributed by atoms with Gasteiger partial charge in [-0.2, -0.15) is 0 Å². The molecular formula is C28H32. The van der Waals surface area contributed by atoms with Crippen LogP contribution in [0.4, 0.5) is 0 Å². The molecule has 7 fully saturated rings. The average molecular weight is 369 g/mol. The summed E-state index contributed by atoms with van der Waals surface area (Å²) in [4.78, 5) is 0. The third kappa shape index (κ3) is 1.64. The second-order valence-electron chi connectivity index (χ2n) is 12.0. The topological polar surface area (TPSA) is 0 Å². The Morgan fingerprint density at radius 3 is 1.71 bits per heavy atom. The molecule has 0 aliphatic heterocycles. The largest absolute Gasteiger partial charge is 0.0622 e. The van der Waals surface area contributed by atoms with Crippen LogP contribution in [0.25, 0.3) is 0 Å². The van der Waals surface area contributed by atoms with E-state index in [2.05, 4.69) is 74.5 Å². The Balaban J connectivity index is 1.47. The molecule has 7 saturated carbocycles. The molecule has 9 rings (SSSR count). The van der Waals surface area contributed by atoms with Gasteiger partial charge in [0.15, 0.2) is 0 Å². The zero-order valence-electron chi connectivity index (χ0n) is 17.3. The average Bonchev–Trinajstić information content (AvgIpc) is 2.72. The lowest BCUT2D eigenvalue weighted by Crippen LogP contribution is -2.77. The molecule has 144 valence electrons. The fourth-order valence-corrected chi connectivity index (χ4v) is 10.3. The molecule has 4 unspecified atom stereocenters. The quantitative estimate of drug-likeness (QED) is 0.550. The van der Waals surface area contributed by atoms with Gasteiger partial charge in [-0.25, -0.2) is 0 Å². The number of hydrogen-bond donors (Lipinski definition) is 0. The van der Waals surface area contributed by atoms with Crippen molar-refractivity contribution in [2.75, 3.05) is 0 Å². The van der Waals surface area contributed by atoms with E-state index in [1.54, 1.807) is 11.1 Å². The highest BCUT2D eigenvalue weighted by molar-refractivity contribution is 5.43. The van der Waals surface area contributed by atoms with Crippen LogP contribution in [0.3, 0.4) is 0 Å². The van der Waals surface area contributed by atoms with Crippen molar-refractivity contribution in [2.45, 2.75) is 63.2 Å². The molecule has 7 aliphatic rings. The summed E-state index contributed by atoms with van der Waals surface area (Å²) in [6, 6.07) is 23.5. The van der Waals surface area contributed by atoms with Crippen molar-refractivity contribution in [2.24, 2.45) is 34.5 Å². The number of hydrogen-bond acceptors (Lipinski definition) is 0. The van der Waals surface area contributed by atoms with E-state index in [9.17, 15) is 0 Å². The van der Waals surface area contributed by atoms with Crippen molar-refractivity contribution in [1.29, 1.82) is 0 Å². The Morgan fingerprint density at radius 2 is 1.14 bits per heavy atom. The summed E-state index contributed by atoms with van der Waals surface area (Å²) in [5, 5.41) is 0. The Morgan fingerprint density at radius 1 is 0.607 bits per heavy atom. The molecule has 0 aromatic heterocycles. The van der Waals surface area contributed by atoms with Crippen molar-refractivity contribution in [3.63, 3.8) is 0 Å². The van der Waals surface area contributed by atoms with Gasteiger partial charge in [0.05, 0.1) is 0 Å². The summed E-state index contributed by atoms with van der Waals surface area (Å²) >= 11 is 0. The van der Waals surface area contributed by atoms with E-state index < -0.39 is 0 Å². The molecule has 8 bridgehead atoms. The van der Waals surface area contributed by atoms with Crippen LogP contribution in [0.1, 0.15) is 63.5 Å². The highest BCUT2D eigenvalue weighted by atomic mass is 14.8. The lowest BCUT2D eigenvalue weighted by Gasteiger charge is -2.82. The maximum absolute atomic E-state index is 2.72. The lowest BCUT2D eigenvalue weighted by molar-refractivity contribution is -0.291. The lowest BCUT2D eigenvalue weighted by atomic mass is 9.22. The third-order valence-corrected chi connectivity index (χ3v) is 10.8. The summed E-state index contributed by atoms with van der Waals surface area (Å²) in [5.74, 6) is 3.66. The molecule has 0 saturated heterocycles. The van der Waals surface area contributed by atoms with Gasteiger partial charge in [0.1, 0.15) is 0 Å². The van der Waals surface area contributed by atoms with E-state index in [1.165, 1.54) is 38.5 Å². The first-order chi connectivity index (χ1) is 13.5. The summed E-state index contributed by atoms with van der Waals surface area (Å²) in [5.41, 5.74) is 5.40. The van der Waals surface area contributed by atoms with Gasteiger partial charge >= 0.3 is 0 Å². The molecule has 0 heteroatoms. The van der Waals surface area contributed by atoms with Crippen molar-refractivity contribution in [1.82, 2.24) is 0 Å². The minimum Gasteiger partial charge on any atom is -0.0622 e. The van der Waals surface area contributed by atoms with Gasteiger partial charge in [-0.3, -0.25) is 0 Å². The van der Waals surface area contributed by atoms with E-state index in [-0.39, 0.29) is 0 Å². The number of rotatable bonds is 2. The maximum Gasteiger partial charge on any atom is 0.00210 e. The van der Waals surface area contributed by atoms with Gasteiger partial charge < -0.3 is 0 Å². The van der Waals surface area contributed by atoms with Crippen molar-refractivity contribution >= 4 is 0 Å². The molecule has 0 radical (unpaired) electrons. The van der Waals surface area contributed by atoms with Gasteiger partial charge in [0.25, 0.3) is 0 Å². The summed E-state index contributed by atoms with van der Waals surface area (Å²) in [6.45, 7) is 5.36. The van der Waals surface area contributed by atoms with Gasteiger partial charge in [0, 0.05) is 5.41 Å². The van der Waals surface area contributed by atoms with E-state index >= 15 is 0 Å². The predicted octanol–water partition coefficient (Wildman–Crippen LogP) is 6.75. The SMILES string of the molecule is CC12CC3C4CC5(c6ccccc6)CC(C(C1)C3(C)C5)C4(c1ccccc1)C2. The fourth-order valence-electron chi connectivity index (χ4n) is 10.3. The first-order valence-electron chi connectivity index (χ1n) is 11.6. The molecule has 0 nitrogen and oxygen atoms in total. The second-order valence-corrected chi connectivity index (χ2v) is 12.0. The van der Waals surface area contributed by atoms with E-state index in [4.69, 9.17) is 0 Å². The maximum atomic E-state index is 2.72. The highest BCUT2D eigenvalue weighted by Gasteiger charge is 2.78. The molecule has 0 spiro atoms. The van der Waals surface area contributed by atoms with Crippen LogP contribution in [0.2, 0.25) is 0 Å². The van der Waals surface area contributed by atoms with Gasteiger partial charge in [-0.15, -0.1) is 0 Å². The monoisotopic (exact) mass is 368 g/mol. The Labute approximate surface area is 169 Å². The Hall–Kier alpha value is -1.56. The van der Waals surface area contributed by atoms with Crippen LogP contribution in [-0.2, 0) is 10.8 Å². The smallest absolute Gasteiger partial charge is 0.00210 e. The zero-order valence-corrected chi connectivity index (χ0v) is 17.3. The van der Waals surface area contributed by atoms with Crippen LogP contribution in [0.15, 0.2) is 60.7 Å². The molecule has 2 aromatic carbocycles. The minimum absolute atomic E-state index is 0.446. The Bertz CT molecular complexity index is 915. The first kappa shape index (κ1) is 16.3. The zero-order chi connectivity index (χ0) is 18.8. The predicted molar refractivity (Wildman–Crippen MR) is 114 cm³/mol. The minimum atomic E-state index is 0.446. The first-order valence-corrected chi connectivity index (χ1v) is 11.6. The summed E-state index contributed by atoms with van der Waals surface area (Å²) in [6.07, 6.45) is 8.77. The van der Waals surface area contributed by atoms with Crippen LogP contribution in [0.5, 0.6) is 0 Å². The molecule has 28 heavy (non-hydrogen) atoms. The number of benzene rings is 2. The summed E-state index contributed by atoms with van der Waals surface area (Å²) in [7, 11) is 0. The van der Waals surface area contributed by atoms with Crippen LogP contribution in [-0.4, -0.2) is 0 Å². The highest BCUT2D eigenvalue weighted by Crippen LogP contribution is 2.84. The molecule has 0 N–H and O–H groups in total. The molecule has 4 atom stereocenters. The van der Waals surface area contributed by atoms with Gasteiger partial charge in [-0.05, 0) is 89.6 Å². The van der Waals surface area contributed by atoms with E-state index in [1.807, 2.05) is 0 Å². The van der Waals surface area contributed by atoms with Crippen molar-refractivity contribution in [3.8, 4) is 0 Å². The molecule has 7 aliphatic carbocycles. The normalized spacial score (nSPS) is 52.4. The summed E-state index contributed by atoms with van der Waals surface area (Å²) < 4.78 is 0. The molecule has 0 heterocycles.